The van der Waals surface area contributed by atoms with Gasteiger partial charge in [0.1, 0.15) is 0 Å². The summed E-state index contributed by atoms with van der Waals surface area (Å²) in [6.07, 6.45) is 0. The Bertz CT molecular complexity index is 638. The molecule has 2 unspecified atom stereocenters. The van der Waals surface area contributed by atoms with Crippen LogP contribution in [0.3, 0.4) is 0 Å². The Morgan fingerprint density at radius 2 is 2.16 bits per heavy atom. The Labute approximate surface area is 112 Å². The molecule has 4 nitrogen and oxygen atoms in total. The van der Waals surface area contributed by atoms with E-state index in [0.717, 1.165) is 23.1 Å². The van der Waals surface area contributed by atoms with Crippen molar-refractivity contribution in [1.82, 2.24) is 10.3 Å². The summed E-state index contributed by atoms with van der Waals surface area (Å²) in [5, 5.41) is 4.38. The first-order chi connectivity index (χ1) is 9.16. The molecule has 1 aromatic heterocycles. The highest BCUT2D eigenvalue weighted by atomic mass is 16.1. The fourth-order valence-electron chi connectivity index (χ4n) is 2.95. The molecule has 0 radical (unpaired) electrons. The minimum Gasteiger partial charge on any atom is -0.369 e. The fourth-order valence-corrected chi connectivity index (χ4v) is 2.95. The van der Waals surface area contributed by atoms with E-state index in [1.54, 1.807) is 0 Å². The monoisotopic (exact) mass is 255 g/mol. The number of para-hydroxylation sites is 1. The summed E-state index contributed by atoms with van der Waals surface area (Å²) in [5.74, 6) is -0.220. The van der Waals surface area contributed by atoms with Crippen LogP contribution in [0, 0.1) is 12.8 Å². The zero-order valence-electron chi connectivity index (χ0n) is 10.9. The molecule has 1 aliphatic rings. The standard InChI is InChI=1S/C15H17N3O/c1-9-6-11(10-4-2-3-5-14(10)18-9)12-7-17-8-13(12)15(16)19/h2-6,12-13,17H,7-8H2,1H3,(H2,16,19). The first-order valence-corrected chi connectivity index (χ1v) is 6.53. The number of nitrogens with two attached hydrogens (primary N) is 1. The third-order valence-corrected chi connectivity index (χ3v) is 3.86. The van der Waals surface area contributed by atoms with Crippen LogP contribution in [0.4, 0.5) is 0 Å². The Balaban J connectivity index is 2.16. The normalized spacial score (nSPS) is 22.8. The highest BCUT2D eigenvalue weighted by molar-refractivity contribution is 5.85. The average Bonchev–Trinajstić information content (AvgIpc) is 2.86. The van der Waals surface area contributed by atoms with E-state index in [9.17, 15) is 4.79 Å². The number of primary amides is 1. The molecular weight excluding hydrogens is 238 g/mol. The van der Waals surface area contributed by atoms with Crippen LogP contribution >= 0.6 is 0 Å². The van der Waals surface area contributed by atoms with E-state index < -0.39 is 0 Å². The lowest BCUT2D eigenvalue weighted by atomic mass is 9.86. The summed E-state index contributed by atoms with van der Waals surface area (Å²) in [6.45, 7) is 3.44. The Morgan fingerprint density at radius 3 is 2.95 bits per heavy atom. The molecule has 2 heterocycles. The van der Waals surface area contributed by atoms with Gasteiger partial charge in [-0.15, -0.1) is 0 Å². The molecule has 3 rings (SSSR count). The van der Waals surface area contributed by atoms with Gasteiger partial charge in [-0.25, -0.2) is 0 Å². The van der Waals surface area contributed by atoms with Gasteiger partial charge in [0, 0.05) is 30.1 Å². The Morgan fingerprint density at radius 1 is 1.37 bits per heavy atom. The van der Waals surface area contributed by atoms with E-state index in [1.165, 1.54) is 5.56 Å². The van der Waals surface area contributed by atoms with Gasteiger partial charge in [0.05, 0.1) is 11.4 Å². The number of carbonyl (C=O) groups is 1. The van der Waals surface area contributed by atoms with E-state index in [1.807, 2.05) is 25.1 Å². The Hall–Kier alpha value is -1.94. The number of nitrogens with zero attached hydrogens (tertiary/aromatic N) is 1. The third-order valence-electron chi connectivity index (χ3n) is 3.86. The van der Waals surface area contributed by atoms with Crippen molar-refractivity contribution in [3.63, 3.8) is 0 Å². The van der Waals surface area contributed by atoms with Crippen molar-refractivity contribution in [2.45, 2.75) is 12.8 Å². The SMILES string of the molecule is Cc1cc(C2CNCC2C(N)=O)c2ccccc2n1. The van der Waals surface area contributed by atoms with Gasteiger partial charge in [0.25, 0.3) is 0 Å². The number of aryl methyl sites for hydroxylation is 1. The summed E-state index contributed by atoms with van der Waals surface area (Å²) in [7, 11) is 0. The number of rotatable bonds is 2. The van der Waals surface area contributed by atoms with Crippen molar-refractivity contribution in [1.29, 1.82) is 0 Å². The van der Waals surface area contributed by atoms with Crippen LogP contribution in [0.5, 0.6) is 0 Å². The lowest BCUT2D eigenvalue weighted by Gasteiger charge is -2.18. The van der Waals surface area contributed by atoms with Crippen LogP contribution in [0.1, 0.15) is 17.2 Å². The molecule has 1 fully saturated rings. The maximum atomic E-state index is 11.6. The van der Waals surface area contributed by atoms with Gasteiger partial charge in [-0.2, -0.15) is 0 Å². The topological polar surface area (TPSA) is 68.0 Å². The Kier molecular flexibility index (Phi) is 2.95. The van der Waals surface area contributed by atoms with E-state index >= 15 is 0 Å². The van der Waals surface area contributed by atoms with E-state index in [0.29, 0.717) is 6.54 Å². The molecule has 0 saturated carbocycles. The van der Waals surface area contributed by atoms with Crippen molar-refractivity contribution in [2.24, 2.45) is 11.7 Å². The van der Waals surface area contributed by atoms with Gasteiger partial charge in [-0.05, 0) is 24.6 Å². The summed E-state index contributed by atoms with van der Waals surface area (Å²) < 4.78 is 0. The first kappa shape index (κ1) is 12.1. The summed E-state index contributed by atoms with van der Waals surface area (Å²) in [5.41, 5.74) is 8.65. The maximum absolute atomic E-state index is 11.6. The number of amides is 1. The van der Waals surface area contributed by atoms with E-state index in [4.69, 9.17) is 5.73 Å². The van der Waals surface area contributed by atoms with Crippen LogP contribution in [0.25, 0.3) is 10.9 Å². The lowest BCUT2D eigenvalue weighted by molar-refractivity contribution is -0.121. The maximum Gasteiger partial charge on any atom is 0.222 e. The number of carbonyl (C=O) groups excluding carboxylic acids is 1. The molecule has 1 amide bonds. The molecule has 2 atom stereocenters. The van der Waals surface area contributed by atoms with E-state index in [2.05, 4.69) is 22.4 Å². The van der Waals surface area contributed by atoms with Crippen molar-refractivity contribution >= 4 is 16.8 Å². The molecule has 2 aromatic rings. The van der Waals surface area contributed by atoms with Crippen molar-refractivity contribution in [2.75, 3.05) is 13.1 Å². The van der Waals surface area contributed by atoms with Crippen molar-refractivity contribution in [3.8, 4) is 0 Å². The van der Waals surface area contributed by atoms with Gasteiger partial charge < -0.3 is 11.1 Å². The van der Waals surface area contributed by atoms with Crippen LogP contribution in [0.2, 0.25) is 0 Å². The molecule has 1 aliphatic heterocycles. The number of pyridine rings is 1. The number of aromatic nitrogens is 1. The molecule has 1 saturated heterocycles. The number of benzene rings is 1. The smallest absolute Gasteiger partial charge is 0.222 e. The van der Waals surface area contributed by atoms with Gasteiger partial charge in [-0.1, -0.05) is 18.2 Å². The van der Waals surface area contributed by atoms with Crippen LogP contribution in [-0.4, -0.2) is 24.0 Å². The second-order valence-corrected chi connectivity index (χ2v) is 5.14. The minimum absolute atomic E-state index is 0.134. The molecule has 3 N–H and O–H groups in total. The number of fused-ring (bicyclic) bond motifs is 1. The zero-order valence-corrected chi connectivity index (χ0v) is 10.9. The highest BCUT2D eigenvalue weighted by Crippen LogP contribution is 2.33. The molecular formula is C15H17N3O. The number of nitrogens with one attached hydrogen (secondary N) is 1. The third kappa shape index (κ3) is 2.08. The summed E-state index contributed by atoms with van der Waals surface area (Å²) in [6, 6.07) is 10.1. The molecule has 0 bridgehead atoms. The largest absolute Gasteiger partial charge is 0.369 e. The first-order valence-electron chi connectivity index (χ1n) is 6.53. The van der Waals surface area contributed by atoms with Gasteiger partial charge in [0.15, 0.2) is 0 Å². The quantitative estimate of drug-likeness (QED) is 0.850. The number of hydrogen-bond acceptors (Lipinski definition) is 3. The minimum atomic E-state index is -0.228. The van der Waals surface area contributed by atoms with Gasteiger partial charge in [-0.3, -0.25) is 9.78 Å². The molecule has 0 spiro atoms. The van der Waals surface area contributed by atoms with Gasteiger partial charge >= 0.3 is 0 Å². The van der Waals surface area contributed by atoms with Crippen LogP contribution in [-0.2, 0) is 4.79 Å². The summed E-state index contributed by atoms with van der Waals surface area (Å²) >= 11 is 0. The van der Waals surface area contributed by atoms with Crippen LogP contribution < -0.4 is 11.1 Å². The second kappa shape index (κ2) is 4.63. The zero-order chi connectivity index (χ0) is 13.4. The van der Waals surface area contributed by atoms with Crippen molar-refractivity contribution < 1.29 is 4.79 Å². The predicted molar refractivity (Wildman–Crippen MR) is 74.8 cm³/mol. The fraction of sp³-hybridized carbons (Fsp3) is 0.333. The molecule has 1 aromatic carbocycles. The van der Waals surface area contributed by atoms with E-state index in [-0.39, 0.29) is 17.7 Å². The molecule has 98 valence electrons. The highest BCUT2D eigenvalue weighted by Gasteiger charge is 2.33. The molecule has 0 aliphatic carbocycles. The predicted octanol–water partition coefficient (Wildman–Crippen LogP) is 1.33. The van der Waals surface area contributed by atoms with Crippen LogP contribution in [0.15, 0.2) is 30.3 Å². The van der Waals surface area contributed by atoms with Gasteiger partial charge in [0.2, 0.25) is 5.91 Å². The lowest BCUT2D eigenvalue weighted by Crippen LogP contribution is -2.28. The molecule has 4 heteroatoms. The second-order valence-electron chi connectivity index (χ2n) is 5.14. The van der Waals surface area contributed by atoms with Crippen molar-refractivity contribution in [3.05, 3.63) is 41.6 Å². The average molecular weight is 255 g/mol. The number of hydrogen-bond donors (Lipinski definition) is 2. The molecule has 19 heavy (non-hydrogen) atoms. The summed E-state index contributed by atoms with van der Waals surface area (Å²) in [4.78, 5) is 16.1.